The number of fused-ring (bicyclic) bond motifs is 1. The predicted molar refractivity (Wildman–Crippen MR) is 138 cm³/mol. The van der Waals surface area contributed by atoms with Crippen molar-refractivity contribution < 1.29 is 9.90 Å². The van der Waals surface area contributed by atoms with E-state index in [2.05, 4.69) is 25.6 Å². The van der Waals surface area contributed by atoms with Crippen LogP contribution >= 0.6 is 11.8 Å². The summed E-state index contributed by atoms with van der Waals surface area (Å²) in [6.45, 7) is 1.92. The summed E-state index contributed by atoms with van der Waals surface area (Å²) in [7, 11) is 0. The van der Waals surface area contributed by atoms with Crippen molar-refractivity contribution in [3.63, 3.8) is 0 Å². The maximum atomic E-state index is 12.7. The third-order valence-corrected chi connectivity index (χ3v) is 6.31. The van der Waals surface area contributed by atoms with Crippen molar-refractivity contribution in [1.82, 2.24) is 15.0 Å². The molecule has 3 N–H and O–H groups in total. The van der Waals surface area contributed by atoms with Gasteiger partial charge in [0.05, 0.1) is 11.1 Å². The first kappa shape index (κ1) is 22.4. The second-order valence-electron chi connectivity index (χ2n) is 7.80. The van der Waals surface area contributed by atoms with Gasteiger partial charge in [0, 0.05) is 26.7 Å². The second kappa shape index (κ2) is 9.82. The third kappa shape index (κ3) is 5.23. The van der Waals surface area contributed by atoms with Crippen molar-refractivity contribution in [2.75, 3.05) is 10.6 Å². The summed E-state index contributed by atoms with van der Waals surface area (Å²) in [6.07, 6.45) is 1.48. The number of nitrogens with one attached hydrogen (secondary N) is 2. The predicted octanol–water partition coefficient (Wildman–Crippen LogP) is 6.19. The molecular weight excluding hydrogens is 458 g/mol. The number of nitrogens with zero attached hydrogens (tertiary/aromatic N) is 3. The van der Waals surface area contributed by atoms with Gasteiger partial charge in [0.15, 0.2) is 5.65 Å². The van der Waals surface area contributed by atoms with Gasteiger partial charge in [0.1, 0.15) is 17.9 Å². The highest BCUT2D eigenvalue weighted by Gasteiger charge is 2.13. The zero-order valence-electron chi connectivity index (χ0n) is 18.8. The van der Waals surface area contributed by atoms with Gasteiger partial charge in [-0.2, -0.15) is 0 Å². The molecule has 0 radical (unpaired) electrons. The summed E-state index contributed by atoms with van der Waals surface area (Å²) in [4.78, 5) is 27.8. The lowest BCUT2D eigenvalue weighted by molar-refractivity contribution is 0.102. The topological polar surface area (TPSA) is 100 Å². The van der Waals surface area contributed by atoms with Crippen LogP contribution < -0.4 is 10.6 Å². The van der Waals surface area contributed by atoms with Crippen LogP contribution in [0.25, 0.3) is 11.0 Å². The Bertz CT molecular complexity index is 1510. The molecule has 172 valence electrons. The number of carbonyl (C=O) groups excluding carboxylic acids is 1. The number of phenols is 1. The first-order valence-corrected chi connectivity index (χ1v) is 11.7. The third-order valence-electron chi connectivity index (χ3n) is 5.23. The van der Waals surface area contributed by atoms with E-state index >= 15 is 0 Å². The van der Waals surface area contributed by atoms with Gasteiger partial charge in [-0.25, -0.2) is 15.0 Å². The Labute approximate surface area is 206 Å². The van der Waals surface area contributed by atoms with Crippen molar-refractivity contribution in [3.8, 4) is 5.75 Å². The van der Waals surface area contributed by atoms with E-state index < -0.39 is 0 Å². The molecule has 2 heterocycles. The highest BCUT2D eigenvalue weighted by atomic mass is 32.2. The van der Waals surface area contributed by atoms with Crippen LogP contribution in [-0.2, 0) is 0 Å². The fraction of sp³-hybridized carbons (Fsp3) is 0.0370. The quantitative estimate of drug-likeness (QED) is 0.267. The molecule has 1 amide bonds. The molecular formula is C27H21N5O2S. The molecule has 2 aromatic heterocycles. The number of aryl methyl sites for hydroxylation is 1. The van der Waals surface area contributed by atoms with Gasteiger partial charge in [-0.3, -0.25) is 4.79 Å². The van der Waals surface area contributed by atoms with Gasteiger partial charge in [-0.15, -0.1) is 0 Å². The minimum atomic E-state index is -0.192. The minimum absolute atomic E-state index is 0.192. The number of amides is 1. The van der Waals surface area contributed by atoms with E-state index in [4.69, 9.17) is 0 Å². The SMILES string of the molecule is Cc1ccc2c(Nc3cc(NC(=O)c4ccccc4)ccc3Sc3ccc(O)cc3)ncnc2n1. The Kier molecular flexibility index (Phi) is 6.28. The standard InChI is InChI=1S/C27H21N5O2S/c1-17-7-13-22-25(30-17)28-16-29-26(22)32-23-15-19(31-27(34)18-5-3-2-4-6-18)8-14-24(23)35-21-11-9-20(33)10-12-21/h2-16,33H,1H3,(H,31,34)(H,28,29,30,32). The largest absolute Gasteiger partial charge is 0.508 e. The van der Waals surface area contributed by atoms with Crippen molar-refractivity contribution >= 4 is 45.9 Å². The summed E-state index contributed by atoms with van der Waals surface area (Å²) >= 11 is 1.53. The summed E-state index contributed by atoms with van der Waals surface area (Å²) < 4.78 is 0. The summed E-state index contributed by atoms with van der Waals surface area (Å²) in [5, 5.41) is 16.8. The molecule has 3 aromatic carbocycles. The fourth-order valence-corrected chi connectivity index (χ4v) is 4.37. The number of rotatable bonds is 6. The highest BCUT2D eigenvalue weighted by Crippen LogP contribution is 2.37. The number of benzene rings is 3. The highest BCUT2D eigenvalue weighted by molar-refractivity contribution is 7.99. The van der Waals surface area contributed by atoms with Crippen LogP contribution in [0.1, 0.15) is 16.1 Å². The number of aromatic nitrogens is 3. The van der Waals surface area contributed by atoms with E-state index in [-0.39, 0.29) is 11.7 Å². The van der Waals surface area contributed by atoms with Crippen molar-refractivity contribution in [3.05, 3.63) is 103 Å². The van der Waals surface area contributed by atoms with E-state index in [1.54, 1.807) is 24.3 Å². The van der Waals surface area contributed by atoms with Crippen LogP contribution in [0.5, 0.6) is 5.75 Å². The minimum Gasteiger partial charge on any atom is -0.508 e. The lowest BCUT2D eigenvalue weighted by atomic mass is 10.2. The zero-order chi connectivity index (χ0) is 24.2. The molecule has 5 aromatic rings. The van der Waals surface area contributed by atoms with Gasteiger partial charge >= 0.3 is 0 Å². The van der Waals surface area contributed by atoms with Crippen LogP contribution in [0.15, 0.2) is 101 Å². The Morgan fingerprint density at radius 2 is 1.71 bits per heavy atom. The number of aromatic hydroxyl groups is 1. The second-order valence-corrected chi connectivity index (χ2v) is 8.91. The van der Waals surface area contributed by atoms with Crippen LogP contribution in [0.3, 0.4) is 0 Å². The Morgan fingerprint density at radius 1 is 0.914 bits per heavy atom. The fourth-order valence-electron chi connectivity index (χ4n) is 3.49. The summed E-state index contributed by atoms with van der Waals surface area (Å²) in [5.74, 6) is 0.631. The number of hydrogen-bond acceptors (Lipinski definition) is 7. The molecule has 8 heteroatoms. The molecule has 0 fully saturated rings. The molecule has 0 aliphatic heterocycles. The lowest BCUT2D eigenvalue weighted by Crippen LogP contribution is -2.11. The van der Waals surface area contributed by atoms with E-state index in [1.807, 2.05) is 67.6 Å². The number of carbonyl (C=O) groups is 1. The molecule has 0 saturated carbocycles. The van der Waals surface area contributed by atoms with Crippen LogP contribution in [0.2, 0.25) is 0 Å². The molecule has 0 aliphatic rings. The van der Waals surface area contributed by atoms with Crippen LogP contribution in [0.4, 0.5) is 17.2 Å². The van der Waals surface area contributed by atoms with Gasteiger partial charge in [-0.1, -0.05) is 30.0 Å². The van der Waals surface area contributed by atoms with E-state index in [9.17, 15) is 9.90 Å². The molecule has 0 aliphatic carbocycles. The number of hydrogen-bond donors (Lipinski definition) is 3. The lowest BCUT2D eigenvalue weighted by Gasteiger charge is -2.15. The Balaban J connectivity index is 1.51. The van der Waals surface area contributed by atoms with Gasteiger partial charge in [0.25, 0.3) is 5.91 Å². The van der Waals surface area contributed by atoms with Gasteiger partial charge in [-0.05, 0) is 73.7 Å². The molecule has 35 heavy (non-hydrogen) atoms. The zero-order valence-corrected chi connectivity index (χ0v) is 19.6. The summed E-state index contributed by atoms with van der Waals surface area (Å²) in [5.41, 5.74) is 3.45. The first-order valence-electron chi connectivity index (χ1n) is 10.9. The number of pyridine rings is 1. The van der Waals surface area contributed by atoms with Crippen molar-refractivity contribution in [2.24, 2.45) is 0 Å². The van der Waals surface area contributed by atoms with Crippen LogP contribution in [-0.4, -0.2) is 26.0 Å². The Morgan fingerprint density at radius 3 is 2.51 bits per heavy atom. The Hall–Kier alpha value is -4.43. The first-order chi connectivity index (χ1) is 17.0. The smallest absolute Gasteiger partial charge is 0.255 e. The molecule has 5 rings (SSSR count). The maximum Gasteiger partial charge on any atom is 0.255 e. The molecule has 7 nitrogen and oxygen atoms in total. The van der Waals surface area contributed by atoms with E-state index in [1.165, 1.54) is 18.1 Å². The normalized spacial score (nSPS) is 10.8. The van der Waals surface area contributed by atoms with Crippen molar-refractivity contribution in [1.29, 1.82) is 0 Å². The van der Waals surface area contributed by atoms with Crippen LogP contribution in [0, 0.1) is 6.92 Å². The molecule has 0 bridgehead atoms. The average Bonchev–Trinajstić information content (AvgIpc) is 2.87. The van der Waals surface area contributed by atoms with E-state index in [0.717, 1.165) is 26.6 Å². The molecule has 0 unspecified atom stereocenters. The average molecular weight is 480 g/mol. The van der Waals surface area contributed by atoms with Gasteiger partial charge in [0.2, 0.25) is 0 Å². The number of anilines is 3. The van der Waals surface area contributed by atoms with E-state index in [0.29, 0.717) is 22.7 Å². The molecule has 0 spiro atoms. The molecule has 0 atom stereocenters. The monoisotopic (exact) mass is 479 g/mol. The molecule has 0 saturated heterocycles. The maximum absolute atomic E-state index is 12.7. The summed E-state index contributed by atoms with van der Waals surface area (Å²) in [6, 6.07) is 25.6. The number of phenolic OH excluding ortho intramolecular Hbond substituents is 1. The van der Waals surface area contributed by atoms with Crippen molar-refractivity contribution in [2.45, 2.75) is 16.7 Å². The van der Waals surface area contributed by atoms with Gasteiger partial charge < -0.3 is 15.7 Å².